The Labute approximate surface area is 315 Å². The predicted molar refractivity (Wildman–Crippen MR) is 198 cm³/mol. The minimum absolute atomic E-state index is 0.0604. The highest BCUT2D eigenvalue weighted by molar-refractivity contribution is 5.93. The van der Waals surface area contributed by atoms with Crippen LogP contribution < -0.4 is 0 Å². The fourth-order valence-electron chi connectivity index (χ4n) is 10.2. The van der Waals surface area contributed by atoms with Gasteiger partial charge in [-0.1, -0.05) is 54.5 Å². The molecule has 0 amide bonds. The number of phenols is 2. The van der Waals surface area contributed by atoms with Gasteiger partial charge in [0, 0.05) is 36.5 Å². The number of aliphatic hydroxyl groups excluding tert-OH is 2. The summed E-state index contributed by atoms with van der Waals surface area (Å²) in [7, 11) is 0. The second-order valence-electron chi connectivity index (χ2n) is 17.5. The molecule has 1 aromatic rings. The van der Waals surface area contributed by atoms with E-state index in [1.54, 1.807) is 13.8 Å². The van der Waals surface area contributed by atoms with Gasteiger partial charge >= 0.3 is 5.97 Å². The first-order valence-electron chi connectivity index (χ1n) is 20.2. The van der Waals surface area contributed by atoms with Gasteiger partial charge in [-0.05, 0) is 95.1 Å². The third-order valence-electron chi connectivity index (χ3n) is 14.0. The van der Waals surface area contributed by atoms with E-state index >= 15 is 0 Å². The van der Waals surface area contributed by atoms with Crippen LogP contribution in [0.2, 0.25) is 0 Å². The molecular formula is C42H66O11. The monoisotopic (exact) mass is 746 g/mol. The van der Waals surface area contributed by atoms with Gasteiger partial charge in [0.05, 0.1) is 35.6 Å². The minimum atomic E-state index is -1.35. The van der Waals surface area contributed by atoms with Crippen LogP contribution in [0.3, 0.4) is 0 Å². The molecule has 0 aliphatic carbocycles. The lowest BCUT2D eigenvalue weighted by Gasteiger charge is -2.56. The highest BCUT2D eigenvalue weighted by Gasteiger charge is 2.65. The molecule has 0 saturated carbocycles. The number of carboxylic acid groups (broad SMARTS) is 1. The van der Waals surface area contributed by atoms with Crippen LogP contribution in [0.4, 0.5) is 0 Å². The zero-order valence-electron chi connectivity index (χ0n) is 33.4. The number of aliphatic hydroxyl groups is 2. The van der Waals surface area contributed by atoms with Crippen LogP contribution in [0.25, 0.3) is 0 Å². The average Bonchev–Trinajstić information content (AvgIpc) is 3.65. The summed E-state index contributed by atoms with van der Waals surface area (Å²) in [6, 6.07) is 2.72. The summed E-state index contributed by atoms with van der Waals surface area (Å²) < 4.78 is 28.1. The first-order valence-corrected chi connectivity index (χ1v) is 20.2. The number of Topliss-reactive ketones (excluding diaryl/α,β-unsaturated/α-hetero) is 1. The quantitative estimate of drug-likeness (QED) is 0.130. The summed E-state index contributed by atoms with van der Waals surface area (Å²) in [5, 5.41) is 51.5. The number of carbonyl (C=O) groups is 2. The molecule has 11 nitrogen and oxygen atoms in total. The topological polar surface area (TPSA) is 172 Å². The van der Waals surface area contributed by atoms with E-state index in [0.717, 1.165) is 44.9 Å². The molecule has 53 heavy (non-hydrogen) atoms. The van der Waals surface area contributed by atoms with E-state index < -0.39 is 70.4 Å². The van der Waals surface area contributed by atoms with Crippen molar-refractivity contribution in [3.63, 3.8) is 0 Å². The smallest absolute Gasteiger partial charge is 0.339 e. The standard InChI is InChI=1S/C42H66O11/c1-10-30(35(46)27(7)34(45)23(3)13-14-29-15-16-31(44)36(47)33(29)38(48)49)37-24(4)21-25(5)41(51-37)18-12-19-42(53-41)26(6)22-40(11-2,52-42)32-17-20-39(9,50-32)28(8)43/h15-16,23-28,30,32,34,37,43-45,47H,10-14,17-22H2,1-9H3,(H,48,49)/t23-,24+,25-,26-,27+,28-,30+,32-,34+,37+,39+,40-,41+,42-/m1/s1. The predicted octanol–water partition coefficient (Wildman–Crippen LogP) is 7.13. The second kappa shape index (κ2) is 15.7. The van der Waals surface area contributed by atoms with Gasteiger partial charge in [-0.3, -0.25) is 4.79 Å². The molecule has 4 saturated heterocycles. The Morgan fingerprint density at radius 2 is 1.62 bits per heavy atom. The molecule has 0 aromatic heterocycles. The third-order valence-corrected chi connectivity index (χ3v) is 14.0. The van der Waals surface area contributed by atoms with E-state index in [2.05, 4.69) is 27.7 Å². The number of ketones is 1. The van der Waals surface area contributed by atoms with Crippen molar-refractivity contribution in [2.75, 3.05) is 0 Å². The van der Waals surface area contributed by atoms with Crippen molar-refractivity contribution in [3.8, 4) is 11.5 Å². The number of benzene rings is 1. The number of hydrogen-bond donors (Lipinski definition) is 5. The maximum Gasteiger partial charge on any atom is 0.339 e. The van der Waals surface area contributed by atoms with Gasteiger partial charge in [0.2, 0.25) is 0 Å². The molecule has 300 valence electrons. The van der Waals surface area contributed by atoms with E-state index in [-0.39, 0.29) is 47.5 Å². The summed E-state index contributed by atoms with van der Waals surface area (Å²) in [6.45, 7) is 18.0. The fourth-order valence-corrected chi connectivity index (χ4v) is 10.2. The Kier molecular flexibility index (Phi) is 12.4. The molecule has 4 fully saturated rings. The number of aryl methyl sites for hydroxylation is 1. The van der Waals surface area contributed by atoms with Crippen molar-refractivity contribution < 1.29 is 54.1 Å². The van der Waals surface area contributed by atoms with Crippen LogP contribution in [0.15, 0.2) is 12.1 Å². The highest BCUT2D eigenvalue weighted by Crippen LogP contribution is 2.58. The molecule has 5 N–H and O–H groups in total. The number of carbonyl (C=O) groups excluding carboxylic acids is 1. The zero-order chi connectivity index (χ0) is 39.3. The van der Waals surface area contributed by atoms with Crippen LogP contribution in [0, 0.1) is 35.5 Å². The van der Waals surface area contributed by atoms with Crippen molar-refractivity contribution in [3.05, 3.63) is 23.3 Å². The van der Waals surface area contributed by atoms with E-state index in [1.807, 2.05) is 20.8 Å². The lowest BCUT2D eigenvalue weighted by molar-refractivity contribution is -0.430. The Morgan fingerprint density at radius 1 is 0.943 bits per heavy atom. The van der Waals surface area contributed by atoms with E-state index in [1.165, 1.54) is 12.1 Å². The number of aromatic carboxylic acids is 1. The normalized spacial score (nSPS) is 38.8. The number of carboxylic acids is 1. The average molecular weight is 747 g/mol. The Bertz CT molecular complexity index is 1480. The largest absolute Gasteiger partial charge is 0.504 e. The molecule has 4 heterocycles. The van der Waals surface area contributed by atoms with Gasteiger partial charge in [0.25, 0.3) is 0 Å². The van der Waals surface area contributed by atoms with Crippen LogP contribution in [0.5, 0.6) is 11.5 Å². The van der Waals surface area contributed by atoms with Gasteiger partial charge in [-0.15, -0.1) is 0 Å². The zero-order valence-corrected chi connectivity index (χ0v) is 33.4. The lowest BCUT2D eigenvalue weighted by atomic mass is 9.72. The van der Waals surface area contributed by atoms with Crippen LogP contribution in [-0.4, -0.2) is 84.5 Å². The number of hydrogen-bond acceptors (Lipinski definition) is 10. The van der Waals surface area contributed by atoms with Crippen molar-refractivity contribution in [2.45, 2.75) is 180 Å². The fraction of sp³-hybridized carbons (Fsp3) is 0.810. The first kappa shape index (κ1) is 41.9. The number of ether oxygens (including phenoxy) is 4. The molecule has 4 aliphatic rings. The van der Waals surface area contributed by atoms with E-state index in [4.69, 9.17) is 18.9 Å². The minimum Gasteiger partial charge on any atom is -0.504 e. The van der Waals surface area contributed by atoms with E-state index in [9.17, 15) is 35.1 Å². The van der Waals surface area contributed by atoms with Gasteiger partial charge in [-0.2, -0.15) is 0 Å². The summed E-state index contributed by atoms with van der Waals surface area (Å²) in [5.74, 6) is -5.71. The summed E-state index contributed by atoms with van der Waals surface area (Å²) in [4.78, 5) is 26.1. The Hall–Kier alpha value is -2.28. The van der Waals surface area contributed by atoms with Crippen LogP contribution in [0.1, 0.15) is 142 Å². The molecule has 11 heteroatoms. The van der Waals surface area contributed by atoms with Gasteiger partial charge < -0.3 is 44.5 Å². The molecule has 2 spiro atoms. The van der Waals surface area contributed by atoms with Crippen LogP contribution in [-0.2, 0) is 30.2 Å². The lowest BCUT2D eigenvalue weighted by Crippen LogP contribution is -2.62. The molecule has 0 bridgehead atoms. The number of rotatable bonds is 13. The van der Waals surface area contributed by atoms with Gasteiger partial charge in [-0.25, -0.2) is 4.79 Å². The molecule has 5 rings (SSSR count). The highest BCUT2D eigenvalue weighted by atomic mass is 16.8. The Morgan fingerprint density at radius 3 is 2.23 bits per heavy atom. The number of phenolic OH excluding ortho intramolecular Hbond substituents is 1. The molecule has 1 aromatic carbocycles. The van der Waals surface area contributed by atoms with E-state index in [0.29, 0.717) is 24.8 Å². The van der Waals surface area contributed by atoms with Crippen molar-refractivity contribution in [1.82, 2.24) is 0 Å². The van der Waals surface area contributed by atoms with Crippen molar-refractivity contribution in [1.29, 1.82) is 0 Å². The summed E-state index contributed by atoms with van der Waals surface area (Å²) in [5.41, 5.74) is -1.17. The maximum absolute atomic E-state index is 14.3. The van der Waals surface area contributed by atoms with Gasteiger partial charge in [0.15, 0.2) is 23.1 Å². The second-order valence-corrected chi connectivity index (χ2v) is 17.5. The Balaban J connectivity index is 1.30. The maximum atomic E-state index is 14.3. The van der Waals surface area contributed by atoms with Crippen LogP contribution >= 0.6 is 0 Å². The molecule has 0 radical (unpaired) electrons. The number of aromatic hydroxyl groups is 2. The van der Waals surface area contributed by atoms with Gasteiger partial charge in [0.1, 0.15) is 11.3 Å². The molecule has 0 unspecified atom stereocenters. The third kappa shape index (κ3) is 7.64. The molecular weight excluding hydrogens is 680 g/mol. The summed E-state index contributed by atoms with van der Waals surface area (Å²) >= 11 is 0. The SMILES string of the molecule is CC[C@@H](C(=O)[C@@H](C)[C@@H](O)[C@H](C)CCc1ccc(O)c(O)c1C(=O)O)[C@H]1O[C@]2(CCC[C@@]3(O[C@@](CC)([C@H]4CC[C@@](C)([C@@H](C)O)O4)C[C@H]3C)O2)[C@H](C)C[C@@H]1C. The van der Waals surface area contributed by atoms with Crippen molar-refractivity contribution >= 4 is 11.8 Å². The van der Waals surface area contributed by atoms with Crippen molar-refractivity contribution in [2.24, 2.45) is 35.5 Å². The first-order chi connectivity index (χ1) is 24.8. The summed E-state index contributed by atoms with van der Waals surface area (Å²) in [6.07, 6.45) is 5.21. The molecule has 4 aliphatic heterocycles. The molecule has 14 atom stereocenters.